The molecule has 0 spiro atoms. The molecule has 3 rings (SSSR count). The van der Waals surface area contributed by atoms with E-state index in [9.17, 15) is 0 Å². The number of hydrogen-bond donors (Lipinski definition) is 0. The molecule has 0 aromatic carbocycles. The first kappa shape index (κ1) is 29.7. The predicted molar refractivity (Wildman–Crippen MR) is 84.9 cm³/mol. The molecular weight excluding hydrogens is 634 g/mol. The molecule has 2 aromatic rings. The van der Waals surface area contributed by atoms with Crippen LogP contribution in [0.25, 0.3) is 0 Å². The molecule has 2 radical (unpaired) electrons. The number of aromatic nitrogens is 2. The first-order chi connectivity index (χ1) is 12.8. The molecule has 1 aliphatic heterocycles. The van der Waals surface area contributed by atoms with Gasteiger partial charge in [-0.2, -0.15) is 5.26 Å². The standard InChI is InChI=1S/C15H16N4.C2H3N.Au.ClHO4.Cu/c1-3-7-16-14(5-1)11-18-9-10-19(13-18)12-15-6-2-4-8-17-15;1-2-3;;2-1(3,4)5;/h1-10H,11-13H2;1H3;;(H,2,3,4,5);/q;;;;+2/p-1. The van der Waals surface area contributed by atoms with Crippen molar-refractivity contribution < 1.29 is 68.3 Å². The van der Waals surface area contributed by atoms with Crippen molar-refractivity contribution in [3.63, 3.8) is 0 Å². The molecule has 0 atom stereocenters. The molecular formula is C17H19AuClCuN5O4+. The normalized spacial score (nSPS) is 11.6. The molecule has 0 saturated carbocycles. The number of rotatable bonds is 4. The van der Waals surface area contributed by atoms with Crippen molar-refractivity contribution in [2.24, 2.45) is 0 Å². The average Bonchev–Trinajstić information content (AvgIpc) is 3.03. The second-order valence-corrected chi connectivity index (χ2v) is 5.93. The summed E-state index contributed by atoms with van der Waals surface area (Å²) in [7, 11) is -4.94. The van der Waals surface area contributed by atoms with Crippen LogP contribution >= 0.6 is 0 Å². The van der Waals surface area contributed by atoms with Gasteiger partial charge in [-0.05, 0) is 24.3 Å². The van der Waals surface area contributed by atoms with Crippen LogP contribution in [0.5, 0.6) is 0 Å². The molecule has 0 amide bonds. The van der Waals surface area contributed by atoms with Crippen LogP contribution in [0.2, 0.25) is 0 Å². The van der Waals surface area contributed by atoms with E-state index in [0.29, 0.717) is 0 Å². The minimum absolute atomic E-state index is 0. The van der Waals surface area contributed by atoms with E-state index in [2.05, 4.69) is 44.3 Å². The molecule has 12 heteroatoms. The van der Waals surface area contributed by atoms with E-state index in [-0.39, 0.29) is 39.4 Å². The van der Waals surface area contributed by atoms with Gasteiger partial charge in [0, 0.05) is 54.1 Å². The first-order valence-electron chi connectivity index (χ1n) is 7.70. The van der Waals surface area contributed by atoms with Crippen LogP contribution in [-0.4, -0.2) is 26.4 Å². The number of nitriles is 1. The summed E-state index contributed by atoms with van der Waals surface area (Å²) < 4.78 is 34.0. The molecule has 0 N–H and O–H groups in total. The zero-order chi connectivity index (χ0) is 20.1. The summed E-state index contributed by atoms with van der Waals surface area (Å²) in [6.45, 7) is 4.00. The van der Waals surface area contributed by atoms with Gasteiger partial charge in [-0.1, -0.05) is 12.1 Å². The smallest absolute Gasteiger partial charge is 0.353 e. The quantitative estimate of drug-likeness (QED) is 0.342. The van der Waals surface area contributed by atoms with Gasteiger partial charge in [-0.15, -0.1) is 10.2 Å². The van der Waals surface area contributed by atoms with Gasteiger partial charge < -0.3 is 9.80 Å². The molecule has 0 unspecified atom stereocenters. The van der Waals surface area contributed by atoms with Gasteiger partial charge in [0.2, 0.25) is 0 Å². The molecule has 0 saturated heterocycles. The Kier molecular flexibility index (Phi) is 16.7. The minimum Gasteiger partial charge on any atom is -0.353 e. The summed E-state index contributed by atoms with van der Waals surface area (Å²) in [6, 6.07) is 13.8. The molecule has 1 aliphatic rings. The summed E-state index contributed by atoms with van der Waals surface area (Å²) in [4.78, 5) is 13.2. The average molecular weight is 653 g/mol. The maximum absolute atomic E-state index is 8.49. The topological polar surface area (TPSA) is 148 Å². The monoisotopic (exact) mass is 652 g/mol. The van der Waals surface area contributed by atoms with Crippen molar-refractivity contribution in [3.8, 4) is 6.07 Å². The molecule has 29 heavy (non-hydrogen) atoms. The van der Waals surface area contributed by atoms with E-state index in [0.717, 1.165) is 31.1 Å². The van der Waals surface area contributed by atoms with E-state index in [1.165, 1.54) is 6.92 Å². The van der Waals surface area contributed by atoms with Crippen LogP contribution < -0.4 is 18.6 Å². The number of halogens is 1. The van der Waals surface area contributed by atoms with Gasteiger partial charge in [-0.25, -0.2) is 18.6 Å². The van der Waals surface area contributed by atoms with Crippen molar-refractivity contribution >= 4 is 0 Å². The Morgan fingerprint density at radius 2 is 1.28 bits per heavy atom. The van der Waals surface area contributed by atoms with Crippen molar-refractivity contribution in [2.75, 3.05) is 6.67 Å². The van der Waals surface area contributed by atoms with Crippen LogP contribution in [0, 0.1) is 21.6 Å². The van der Waals surface area contributed by atoms with Crippen LogP contribution in [0.15, 0.2) is 61.2 Å². The second-order valence-electron chi connectivity index (χ2n) is 5.18. The Hall–Kier alpha value is -1.48. The summed E-state index contributed by atoms with van der Waals surface area (Å²) in [6.07, 6.45) is 7.89. The zero-order valence-electron chi connectivity index (χ0n) is 15.2. The zero-order valence-corrected chi connectivity index (χ0v) is 19.1. The summed E-state index contributed by atoms with van der Waals surface area (Å²) >= 11 is 0. The van der Waals surface area contributed by atoms with Gasteiger partial charge >= 0.3 is 17.1 Å². The number of hydrogen-bond acceptors (Lipinski definition) is 9. The van der Waals surface area contributed by atoms with E-state index < -0.39 is 10.2 Å². The first-order valence-corrected chi connectivity index (χ1v) is 8.94. The minimum atomic E-state index is -4.94. The van der Waals surface area contributed by atoms with Crippen molar-refractivity contribution in [2.45, 2.75) is 20.0 Å². The van der Waals surface area contributed by atoms with Gasteiger partial charge in [-0.3, -0.25) is 9.97 Å². The molecule has 0 fully saturated rings. The second kappa shape index (κ2) is 16.3. The molecule has 0 bridgehead atoms. The van der Waals surface area contributed by atoms with Gasteiger partial charge in [0.05, 0.1) is 37.2 Å². The van der Waals surface area contributed by atoms with E-state index in [1.54, 1.807) is 6.07 Å². The van der Waals surface area contributed by atoms with Crippen LogP contribution in [0.4, 0.5) is 0 Å². The Balaban J connectivity index is 0. The number of nitrogens with zero attached hydrogens (tertiary/aromatic N) is 5. The third kappa shape index (κ3) is 16.0. The Bertz CT molecular complexity index is 677. The Morgan fingerprint density at radius 3 is 1.55 bits per heavy atom. The molecule has 3 heterocycles. The predicted octanol–water partition coefficient (Wildman–Crippen LogP) is -2.01. The molecule has 0 aliphatic carbocycles. The third-order valence-corrected chi connectivity index (χ3v) is 3.03. The fourth-order valence-electron chi connectivity index (χ4n) is 2.12. The van der Waals surface area contributed by atoms with Gasteiger partial charge in [0.25, 0.3) is 0 Å². The Labute approximate surface area is 198 Å². The largest absolute Gasteiger partial charge is 2.00 e. The van der Waals surface area contributed by atoms with E-state index >= 15 is 0 Å². The van der Waals surface area contributed by atoms with Crippen molar-refractivity contribution in [1.29, 1.82) is 5.26 Å². The summed E-state index contributed by atoms with van der Waals surface area (Å²) in [5, 5.41) is 7.32. The van der Waals surface area contributed by atoms with E-state index in [1.807, 2.05) is 36.7 Å². The Morgan fingerprint density at radius 1 is 0.931 bits per heavy atom. The third-order valence-electron chi connectivity index (χ3n) is 3.03. The van der Waals surface area contributed by atoms with Crippen molar-refractivity contribution in [1.82, 2.24) is 19.8 Å². The fourth-order valence-corrected chi connectivity index (χ4v) is 2.12. The SMILES string of the molecule is C1=CN(Cc2ccccn2)CN1Cc1ccccn1.CC#N.[Au].[Cu+2].[O-][Cl+3]([O-])([O-])[O-]. The van der Waals surface area contributed by atoms with Crippen molar-refractivity contribution in [3.05, 3.63) is 72.6 Å². The van der Waals surface area contributed by atoms with Crippen LogP contribution in [0.3, 0.4) is 0 Å². The molecule has 9 nitrogen and oxygen atoms in total. The maximum Gasteiger partial charge on any atom is 2.00 e. The maximum atomic E-state index is 8.49. The van der Waals surface area contributed by atoms with Crippen LogP contribution in [-0.2, 0) is 52.5 Å². The van der Waals surface area contributed by atoms with E-state index in [4.69, 9.17) is 23.9 Å². The fraction of sp³-hybridized carbons (Fsp3) is 0.235. The summed E-state index contributed by atoms with van der Waals surface area (Å²) in [5.74, 6) is 0. The van der Waals surface area contributed by atoms with Crippen LogP contribution in [0.1, 0.15) is 18.3 Å². The summed E-state index contributed by atoms with van der Waals surface area (Å²) in [5.41, 5.74) is 2.18. The van der Waals surface area contributed by atoms with Gasteiger partial charge in [0.1, 0.15) is 0 Å². The van der Waals surface area contributed by atoms with Gasteiger partial charge in [0.15, 0.2) is 0 Å². The molecule has 164 valence electrons. The molecule has 2 aromatic heterocycles. The number of pyridine rings is 2.